The lowest BCUT2D eigenvalue weighted by atomic mass is 9.95. The third-order valence-corrected chi connectivity index (χ3v) is 3.96. The van der Waals surface area contributed by atoms with E-state index in [9.17, 15) is 14.3 Å². The highest BCUT2D eigenvalue weighted by Gasteiger charge is 2.17. The van der Waals surface area contributed by atoms with Gasteiger partial charge in [0.15, 0.2) is 5.65 Å². The molecule has 2 heterocycles. The second-order valence-electron chi connectivity index (χ2n) is 5.77. The Labute approximate surface area is 143 Å². The lowest BCUT2D eigenvalue weighted by molar-refractivity contribution is 0.0528. The van der Waals surface area contributed by atoms with Gasteiger partial charge in [-0.1, -0.05) is 6.92 Å². The Morgan fingerprint density at radius 1 is 1.40 bits per heavy atom. The largest absolute Gasteiger partial charge is 0.508 e. The standard InChI is InChI=1S/C18H18FN3O3/c1-3-25-18(24)15-10-20-22-7-6-13(21-17(15)22)8-11(2)14-9-12(19)4-5-16(14)23/h4-7,9-11,23H,3,8H2,1-2H3/t11-/m0/s1. The fourth-order valence-electron chi connectivity index (χ4n) is 2.72. The van der Waals surface area contributed by atoms with Gasteiger partial charge < -0.3 is 9.84 Å². The fourth-order valence-corrected chi connectivity index (χ4v) is 2.72. The topological polar surface area (TPSA) is 76.7 Å². The van der Waals surface area contributed by atoms with Gasteiger partial charge in [0.05, 0.1) is 12.8 Å². The van der Waals surface area contributed by atoms with Gasteiger partial charge in [-0.3, -0.25) is 0 Å². The third-order valence-electron chi connectivity index (χ3n) is 3.96. The summed E-state index contributed by atoms with van der Waals surface area (Å²) in [7, 11) is 0. The normalized spacial score (nSPS) is 12.3. The van der Waals surface area contributed by atoms with Crippen LogP contribution in [0.2, 0.25) is 0 Å². The van der Waals surface area contributed by atoms with Crippen molar-refractivity contribution in [2.75, 3.05) is 6.61 Å². The number of carbonyl (C=O) groups excluding carboxylic acids is 1. The van der Waals surface area contributed by atoms with Gasteiger partial charge in [-0.25, -0.2) is 18.7 Å². The van der Waals surface area contributed by atoms with E-state index < -0.39 is 11.8 Å². The second kappa shape index (κ2) is 6.88. The second-order valence-corrected chi connectivity index (χ2v) is 5.77. The lowest BCUT2D eigenvalue weighted by Crippen LogP contribution is -2.07. The van der Waals surface area contributed by atoms with E-state index in [4.69, 9.17) is 4.74 Å². The maximum atomic E-state index is 13.4. The molecule has 0 aliphatic carbocycles. The van der Waals surface area contributed by atoms with Crippen LogP contribution in [-0.2, 0) is 11.2 Å². The van der Waals surface area contributed by atoms with Crippen molar-refractivity contribution in [3.05, 3.63) is 59.3 Å². The molecule has 2 aromatic heterocycles. The van der Waals surface area contributed by atoms with Crippen molar-refractivity contribution in [1.29, 1.82) is 0 Å². The quantitative estimate of drug-likeness (QED) is 0.721. The van der Waals surface area contributed by atoms with Gasteiger partial charge in [-0.15, -0.1) is 0 Å². The number of halogens is 1. The molecule has 25 heavy (non-hydrogen) atoms. The predicted octanol–water partition coefficient (Wildman–Crippen LogP) is 3.10. The molecule has 0 radical (unpaired) electrons. The summed E-state index contributed by atoms with van der Waals surface area (Å²) < 4.78 is 19.9. The fraction of sp³-hybridized carbons (Fsp3) is 0.278. The summed E-state index contributed by atoms with van der Waals surface area (Å²) in [5.41, 5.74) is 1.92. The number of fused-ring (bicyclic) bond motifs is 1. The molecule has 0 fully saturated rings. The highest BCUT2D eigenvalue weighted by Crippen LogP contribution is 2.28. The Morgan fingerprint density at radius 2 is 2.20 bits per heavy atom. The molecular formula is C18H18FN3O3. The molecule has 1 N–H and O–H groups in total. The van der Waals surface area contributed by atoms with Crippen LogP contribution in [-0.4, -0.2) is 32.3 Å². The summed E-state index contributed by atoms with van der Waals surface area (Å²) in [5, 5.41) is 14.0. The van der Waals surface area contributed by atoms with E-state index in [0.717, 1.165) is 0 Å². The van der Waals surface area contributed by atoms with E-state index in [-0.39, 0.29) is 18.3 Å². The van der Waals surface area contributed by atoms with Gasteiger partial charge in [0.1, 0.15) is 17.1 Å². The van der Waals surface area contributed by atoms with Crippen LogP contribution >= 0.6 is 0 Å². The Bertz CT molecular complexity index is 923. The lowest BCUT2D eigenvalue weighted by Gasteiger charge is -2.13. The first-order valence-electron chi connectivity index (χ1n) is 7.98. The minimum absolute atomic E-state index is 0.0477. The molecule has 0 amide bonds. The summed E-state index contributed by atoms with van der Waals surface area (Å²) in [6.07, 6.45) is 3.60. The van der Waals surface area contributed by atoms with Crippen LogP contribution in [0.5, 0.6) is 5.75 Å². The van der Waals surface area contributed by atoms with Crippen molar-refractivity contribution >= 4 is 11.6 Å². The maximum absolute atomic E-state index is 13.4. The van der Waals surface area contributed by atoms with Gasteiger partial charge in [-0.05, 0) is 49.1 Å². The molecule has 3 aromatic rings. The zero-order chi connectivity index (χ0) is 18.0. The van der Waals surface area contributed by atoms with Gasteiger partial charge in [0, 0.05) is 11.9 Å². The first-order chi connectivity index (χ1) is 12.0. The average Bonchev–Trinajstić information content (AvgIpc) is 3.00. The van der Waals surface area contributed by atoms with E-state index in [1.165, 1.54) is 28.9 Å². The van der Waals surface area contributed by atoms with Crippen LogP contribution in [0, 0.1) is 5.82 Å². The molecule has 0 spiro atoms. The van der Waals surface area contributed by atoms with E-state index in [2.05, 4.69) is 10.1 Å². The van der Waals surface area contributed by atoms with Crippen molar-refractivity contribution in [3.8, 4) is 5.75 Å². The molecular weight excluding hydrogens is 325 g/mol. The van der Waals surface area contributed by atoms with E-state index in [0.29, 0.717) is 28.9 Å². The predicted molar refractivity (Wildman–Crippen MR) is 89.1 cm³/mol. The minimum atomic E-state index is -0.474. The number of hydrogen-bond donors (Lipinski definition) is 1. The Morgan fingerprint density at radius 3 is 2.96 bits per heavy atom. The van der Waals surface area contributed by atoms with Gasteiger partial charge in [-0.2, -0.15) is 5.10 Å². The van der Waals surface area contributed by atoms with E-state index >= 15 is 0 Å². The van der Waals surface area contributed by atoms with Gasteiger partial charge in [0.2, 0.25) is 0 Å². The first-order valence-corrected chi connectivity index (χ1v) is 7.98. The van der Waals surface area contributed by atoms with Crippen molar-refractivity contribution < 1.29 is 19.0 Å². The molecule has 0 aliphatic heterocycles. The number of phenolic OH excluding ortho intramolecular Hbond substituents is 1. The van der Waals surface area contributed by atoms with Crippen LogP contribution in [0.3, 0.4) is 0 Å². The zero-order valence-corrected chi connectivity index (χ0v) is 13.9. The third kappa shape index (κ3) is 3.45. The van der Waals surface area contributed by atoms with Gasteiger partial charge >= 0.3 is 5.97 Å². The van der Waals surface area contributed by atoms with Crippen LogP contribution < -0.4 is 0 Å². The summed E-state index contributed by atoms with van der Waals surface area (Å²) in [6, 6.07) is 5.66. The van der Waals surface area contributed by atoms with Crippen LogP contribution in [0.25, 0.3) is 5.65 Å². The average molecular weight is 343 g/mol. The number of benzene rings is 1. The molecule has 7 heteroatoms. The Kier molecular flexibility index (Phi) is 4.65. The van der Waals surface area contributed by atoms with E-state index in [1.807, 2.05) is 6.92 Å². The Balaban J connectivity index is 1.90. The van der Waals surface area contributed by atoms with Crippen LogP contribution in [0.4, 0.5) is 4.39 Å². The first kappa shape index (κ1) is 16.9. The molecule has 0 aliphatic rings. The molecule has 0 unspecified atom stereocenters. The highest BCUT2D eigenvalue weighted by atomic mass is 19.1. The molecule has 6 nitrogen and oxygen atoms in total. The molecule has 1 atom stereocenters. The number of aromatic hydroxyl groups is 1. The number of phenols is 1. The molecule has 0 saturated carbocycles. The van der Waals surface area contributed by atoms with Crippen molar-refractivity contribution in [2.24, 2.45) is 0 Å². The highest BCUT2D eigenvalue weighted by molar-refractivity contribution is 5.95. The summed E-state index contributed by atoms with van der Waals surface area (Å²) >= 11 is 0. The molecule has 130 valence electrons. The number of ether oxygens (including phenoxy) is 1. The number of rotatable bonds is 5. The number of carbonyl (C=O) groups is 1. The zero-order valence-electron chi connectivity index (χ0n) is 13.9. The Hall–Kier alpha value is -2.96. The number of hydrogen-bond acceptors (Lipinski definition) is 5. The van der Waals surface area contributed by atoms with Crippen molar-refractivity contribution in [1.82, 2.24) is 14.6 Å². The monoisotopic (exact) mass is 343 g/mol. The SMILES string of the molecule is CCOC(=O)c1cnn2ccc(C[C@H](C)c3cc(F)ccc3O)nc12. The minimum Gasteiger partial charge on any atom is -0.508 e. The van der Waals surface area contributed by atoms with Crippen LogP contribution in [0.1, 0.15) is 41.4 Å². The summed E-state index contributed by atoms with van der Waals surface area (Å²) in [6.45, 7) is 3.88. The van der Waals surface area contributed by atoms with Crippen molar-refractivity contribution in [2.45, 2.75) is 26.2 Å². The number of aromatic nitrogens is 3. The van der Waals surface area contributed by atoms with E-state index in [1.54, 1.807) is 19.2 Å². The summed E-state index contributed by atoms with van der Waals surface area (Å²) in [4.78, 5) is 16.4. The number of nitrogens with zero attached hydrogens (tertiary/aromatic N) is 3. The molecule has 0 saturated heterocycles. The smallest absolute Gasteiger partial charge is 0.343 e. The molecule has 3 rings (SSSR count). The molecule has 0 bridgehead atoms. The van der Waals surface area contributed by atoms with Gasteiger partial charge in [0.25, 0.3) is 0 Å². The maximum Gasteiger partial charge on any atom is 0.343 e. The number of esters is 1. The molecule has 1 aromatic carbocycles. The van der Waals surface area contributed by atoms with Crippen molar-refractivity contribution in [3.63, 3.8) is 0 Å². The summed E-state index contributed by atoms with van der Waals surface area (Å²) in [5.74, 6) is -0.979. The van der Waals surface area contributed by atoms with Crippen LogP contribution in [0.15, 0.2) is 36.7 Å².